The van der Waals surface area contributed by atoms with E-state index in [1.54, 1.807) is 6.07 Å². The Hall–Kier alpha value is -2.99. The highest BCUT2D eigenvalue weighted by Gasteiger charge is 2.16. The second-order valence-electron chi connectivity index (χ2n) is 7.71. The third kappa shape index (κ3) is 4.28. The molecule has 4 heterocycles. The van der Waals surface area contributed by atoms with E-state index < -0.39 is 0 Å². The van der Waals surface area contributed by atoms with Crippen molar-refractivity contribution in [2.75, 3.05) is 26.2 Å². The van der Waals surface area contributed by atoms with E-state index in [1.807, 2.05) is 30.2 Å². The van der Waals surface area contributed by atoms with Gasteiger partial charge in [0.15, 0.2) is 0 Å². The maximum Gasteiger partial charge on any atom is 0.272 e. The number of carbonyl (C=O) groups is 1. The maximum atomic E-state index is 12.9. The van der Waals surface area contributed by atoms with Crippen LogP contribution in [-0.4, -0.2) is 51.9 Å². The highest BCUT2D eigenvalue weighted by Crippen LogP contribution is 2.25. The Labute approximate surface area is 177 Å². The number of hydrogen-bond acceptors (Lipinski definition) is 4. The molecule has 6 heteroatoms. The second kappa shape index (κ2) is 9.22. The van der Waals surface area contributed by atoms with Crippen molar-refractivity contribution in [2.45, 2.75) is 33.1 Å². The van der Waals surface area contributed by atoms with Crippen LogP contribution < -0.4 is 5.32 Å². The number of hydrogen-bond donors (Lipinski definition) is 2. The van der Waals surface area contributed by atoms with Gasteiger partial charge in [0.05, 0.1) is 5.69 Å². The van der Waals surface area contributed by atoms with Gasteiger partial charge in [0.2, 0.25) is 0 Å². The normalized spacial score (nSPS) is 13.6. The summed E-state index contributed by atoms with van der Waals surface area (Å²) in [5.41, 5.74) is 5.40. The van der Waals surface area contributed by atoms with E-state index in [0.29, 0.717) is 12.2 Å². The minimum Gasteiger partial charge on any atom is -0.339 e. The van der Waals surface area contributed by atoms with Gasteiger partial charge in [0, 0.05) is 49.0 Å². The first kappa shape index (κ1) is 20.3. The van der Waals surface area contributed by atoms with Crippen molar-refractivity contribution in [1.82, 2.24) is 25.2 Å². The molecule has 1 amide bonds. The fourth-order valence-corrected chi connectivity index (χ4v) is 3.84. The molecule has 0 saturated heterocycles. The molecule has 0 fully saturated rings. The number of amides is 1. The van der Waals surface area contributed by atoms with Crippen LogP contribution in [0.4, 0.5) is 0 Å². The van der Waals surface area contributed by atoms with Crippen molar-refractivity contribution >= 4 is 22.5 Å². The zero-order valence-corrected chi connectivity index (χ0v) is 17.7. The summed E-state index contributed by atoms with van der Waals surface area (Å²) in [4.78, 5) is 27.5. The van der Waals surface area contributed by atoms with E-state index in [4.69, 9.17) is 0 Å². The van der Waals surface area contributed by atoms with Gasteiger partial charge < -0.3 is 15.2 Å². The number of aromatic nitrogens is 3. The van der Waals surface area contributed by atoms with Crippen molar-refractivity contribution in [3.63, 3.8) is 0 Å². The van der Waals surface area contributed by atoms with Crippen LogP contribution in [0.15, 0.2) is 42.6 Å². The van der Waals surface area contributed by atoms with Gasteiger partial charge in [-0.15, -0.1) is 0 Å². The molecule has 1 aliphatic rings. The molecule has 156 valence electrons. The van der Waals surface area contributed by atoms with Crippen molar-refractivity contribution < 1.29 is 4.79 Å². The molecule has 3 aromatic heterocycles. The molecule has 0 spiro atoms. The number of fused-ring (bicyclic) bond motifs is 1. The Morgan fingerprint density at radius 1 is 1.20 bits per heavy atom. The lowest BCUT2D eigenvalue weighted by molar-refractivity contribution is 0.0756. The monoisotopic (exact) mass is 403 g/mol. The molecule has 0 saturated carbocycles. The Bertz CT molecular complexity index is 1070. The first-order valence-corrected chi connectivity index (χ1v) is 10.8. The van der Waals surface area contributed by atoms with E-state index in [0.717, 1.165) is 66.9 Å². The van der Waals surface area contributed by atoms with Crippen molar-refractivity contribution in [2.24, 2.45) is 0 Å². The highest BCUT2D eigenvalue weighted by molar-refractivity contribution is 5.93. The van der Waals surface area contributed by atoms with Crippen LogP contribution in [0, 0.1) is 0 Å². The second-order valence-corrected chi connectivity index (χ2v) is 7.71. The summed E-state index contributed by atoms with van der Waals surface area (Å²) in [6.07, 6.45) is 7.32. The number of carbonyl (C=O) groups excluding carboxylic acids is 1. The molecule has 30 heavy (non-hydrogen) atoms. The Morgan fingerprint density at radius 2 is 2.10 bits per heavy atom. The van der Waals surface area contributed by atoms with E-state index in [-0.39, 0.29) is 5.91 Å². The molecule has 0 aromatic carbocycles. The lowest BCUT2D eigenvalue weighted by Crippen LogP contribution is -2.32. The first-order valence-electron chi connectivity index (χ1n) is 10.8. The predicted octanol–water partition coefficient (Wildman–Crippen LogP) is 4.26. The third-order valence-corrected chi connectivity index (χ3v) is 5.59. The topological polar surface area (TPSA) is 73.9 Å². The minimum absolute atomic E-state index is 0.00547. The molecule has 0 radical (unpaired) electrons. The molecule has 1 aliphatic heterocycles. The van der Waals surface area contributed by atoms with Gasteiger partial charge in [-0.25, -0.2) is 9.97 Å². The number of rotatable bonds is 8. The molecular formula is C24H29N5O. The summed E-state index contributed by atoms with van der Waals surface area (Å²) in [7, 11) is 0. The van der Waals surface area contributed by atoms with Crippen LogP contribution in [0.25, 0.3) is 27.9 Å². The van der Waals surface area contributed by atoms with Crippen LogP contribution in [0.1, 0.15) is 49.3 Å². The van der Waals surface area contributed by atoms with Gasteiger partial charge in [-0.3, -0.25) is 4.79 Å². The Balaban J connectivity index is 1.58. The summed E-state index contributed by atoms with van der Waals surface area (Å²) >= 11 is 0. The van der Waals surface area contributed by atoms with E-state index in [1.165, 1.54) is 5.57 Å². The number of H-pyrrole nitrogens is 1. The first-order chi connectivity index (χ1) is 14.7. The lowest BCUT2D eigenvalue weighted by atomic mass is 10.1. The van der Waals surface area contributed by atoms with Crippen molar-refractivity contribution in [3.8, 4) is 11.3 Å². The van der Waals surface area contributed by atoms with Gasteiger partial charge in [-0.05, 0) is 43.2 Å². The summed E-state index contributed by atoms with van der Waals surface area (Å²) in [5, 5.41) is 4.37. The third-order valence-electron chi connectivity index (χ3n) is 5.59. The molecule has 3 aromatic rings. The van der Waals surface area contributed by atoms with Gasteiger partial charge in [-0.1, -0.05) is 31.9 Å². The van der Waals surface area contributed by atoms with Crippen LogP contribution in [0.5, 0.6) is 0 Å². The predicted molar refractivity (Wildman–Crippen MR) is 121 cm³/mol. The Kier molecular flexibility index (Phi) is 6.23. The highest BCUT2D eigenvalue weighted by atomic mass is 16.2. The largest absolute Gasteiger partial charge is 0.339 e. The molecule has 4 rings (SSSR count). The molecule has 2 N–H and O–H groups in total. The van der Waals surface area contributed by atoms with Crippen LogP contribution >= 0.6 is 0 Å². The Morgan fingerprint density at radius 3 is 2.87 bits per heavy atom. The minimum atomic E-state index is -0.00547. The smallest absolute Gasteiger partial charge is 0.272 e. The van der Waals surface area contributed by atoms with Gasteiger partial charge in [-0.2, -0.15) is 0 Å². The van der Waals surface area contributed by atoms with Gasteiger partial charge in [0.25, 0.3) is 5.91 Å². The van der Waals surface area contributed by atoms with Gasteiger partial charge >= 0.3 is 0 Å². The molecule has 0 unspecified atom stereocenters. The van der Waals surface area contributed by atoms with Crippen LogP contribution in [0.2, 0.25) is 0 Å². The fraction of sp³-hybridized carbons (Fsp3) is 0.375. The molecule has 0 atom stereocenters. The zero-order chi connectivity index (χ0) is 20.9. The summed E-state index contributed by atoms with van der Waals surface area (Å²) in [6.45, 7) is 7.44. The van der Waals surface area contributed by atoms with Crippen molar-refractivity contribution in [1.29, 1.82) is 0 Å². The summed E-state index contributed by atoms with van der Waals surface area (Å²) in [5.74, 6) is -0.00547. The fourth-order valence-electron chi connectivity index (χ4n) is 3.84. The summed E-state index contributed by atoms with van der Waals surface area (Å²) < 4.78 is 0. The number of unbranched alkanes of at least 4 members (excludes halogenated alkanes) is 2. The number of nitrogens with one attached hydrogen (secondary N) is 2. The lowest BCUT2D eigenvalue weighted by Gasteiger charge is -2.20. The quantitative estimate of drug-likeness (QED) is 0.551. The molecule has 0 aliphatic carbocycles. The molecule has 6 nitrogen and oxygen atoms in total. The van der Waals surface area contributed by atoms with Crippen LogP contribution in [-0.2, 0) is 0 Å². The number of aromatic amines is 1. The number of nitrogens with zero attached hydrogens (tertiary/aromatic N) is 3. The zero-order valence-electron chi connectivity index (χ0n) is 17.7. The van der Waals surface area contributed by atoms with Crippen LogP contribution in [0.3, 0.4) is 0 Å². The summed E-state index contributed by atoms with van der Waals surface area (Å²) in [6, 6.07) is 9.85. The van der Waals surface area contributed by atoms with Gasteiger partial charge in [0.1, 0.15) is 11.3 Å². The van der Waals surface area contributed by atoms with E-state index in [2.05, 4.69) is 45.4 Å². The van der Waals surface area contributed by atoms with E-state index >= 15 is 0 Å². The SMILES string of the molecule is CCCCCN(CC)C(=O)c1cccc(-c2cnc3[nH]c(C4=CCNC4)cc3c2)n1. The van der Waals surface area contributed by atoms with E-state index in [9.17, 15) is 4.79 Å². The average molecular weight is 404 g/mol. The average Bonchev–Trinajstić information content (AvgIpc) is 3.45. The molecular weight excluding hydrogens is 374 g/mol. The standard InChI is InChI=1S/C24H29N5O/c1-3-5-6-12-29(4-2)24(30)21-9-7-8-20(27-21)19-13-18-14-22(17-10-11-25-15-17)28-23(18)26-16-19/h7-10,13-14,16,25H,3-6,11-12,15H2,1-2H3,(H,26,28). The van der Waals surface area contributed by atoms with Crippen molar-refractivity contribution in [3.05, 3.63) is 54.0 Å². The molecule has 0 bridgehead atoms. The number of pyridine rings is 2. The maximum absolute atomic E-state index is 12.9.